The van der Waals surface area contributed by atoms with Crippen LogP contribution in [0.5, 0.6) is 0 Å². The third-order valence-corrected chi connectivity index (χ3v) is 1.41. The minimum atomic E-state index is -0.445. The molecule has 0 aliphatic carbocycles. The first-order valence-corrected chi connectivity index (χ1v) is 3.30. The molecule has 1 heterocycles. The number of hydrogen-bond acceptors (Lipinski definition) is 1. The van der Waals surface area contributed by atoms with Crippen molar-refractivity contribution < 1.29 is 4.79 Å². The summed E-state index contributed by atoms with van der Waals surface area (Å²) in [7, 11) is 0. The Hall–Kier alpha value is -1.51. The predicted molar refractivity (Wildman–Crippen MR) is 42.8 cm³/mol. The lowest BCUT2D eigenvalue weighted by Gasteiger charge is -1.96. The van der Waals surface area contributed by atoms with E-state index in [1.54, 1.807) is 6.20 Å². The maximum absolute atomic E-state index is 10.5. The van der Waals surface area contributed by atoms with E-state index in [1.807, 2.05) is 12.1 Å². The molecule has 3 nitrogen and oxygen atoms in total. The van der Waals surface area contributed by atoms with E-state index in [9.17, 15) is 4.79 Å². The number of nitrogens with one attached hydrogen (secondary N) is 1. The maximum Gasteiger partial charge on any atom is 0.244 e. The zero-order chi connectivity index (χ0) is 8.27. The number of carbonyl (C=O) groups excluding carboxylic acids is 1. The largest absolute Gasteiger partial charge is 0.366 e. The Bertz CT molecular complexity index is 262. The summed E-state index contributed by atoms with van der Waals surface area (Å²) in [6.45, 7) is 3.53. The van der Waals surface area contributed by atoms with E-state index in [0.29, 0.717) is 12.0 Å². The minimum Gasteiger partial charge on any atom is -0.366 e. The molecule has 0 unspecified atom stereocenters. The molecule has 0 fully saturated rings. The molecule has 3 N–H and O–H groups in total. The number of carbonyl (C=O) groups is 1. The quantitative estimate of drug-likeness (QED) is 0.609. The molecule has 1 aromatic heterocycles. The fourth-order valence-electron chi connectivity index (χ4n) is 0.794. The summed E-state index contributed by atoms with van der Waals surface area (Å²) in [5.74, 6) is -0.445. The second-order valence-electron chi connectivity index (χ2n) is 2.34. The van der Waals surface area contributed by atoms with Crippen molar-refractivity contribution in [3.05, 3.63) is 36.2 Å². The zero-order valence-corrected chi connectivity index (χ0v) is 6.13. The number of nitrogens with two attached hydrogens (primary N) is 1. The van der Waals surface area contributed by atoms with Gasteiger partial charge in [0.2, 0.25) is 5.91 Å². The average Bonchev–Trinajstić information content (AvgIpc) is 2.39. The molecule has 0 aliphatic rings. The molecule has 1 amide bonds. The van der Waals surface area contributed by atoms with Gasteiger partial charge in [0.25, 0.3) is 0 Å². The monoisotopic (exact) mass is 150 g/mol. The first-order chi connectivity index (χ1) is 5.20. The molecule has 1 rings (SSSR count). The van der Waals surface area contributed by atoms with Crippen LogP contribution in [-0.2, 0) is 11.2 Å². The highest BCUT2D eigenvalue weighted by molar-refractivity contribution is 5.91. The van der Waals surface area contributed by atoms with Crippen LogP contribution in [0.1, 0.15) is 5.69 Å². The third-order valence-electron chi connectivity index (χ3n) is 1.41. The molecule has 0 aliphatic heterocycles. The molecule has 0 saturated heterocycles. The number of H-pyrrole nitrogens is 1. The summed E-state index contributed by atoms with van der Waals surface area (Å²) >= 11 is 0. The lowest BCUT2D eigenvalue weighted by molar-refractivity contribution is -0.114. The molecule has 3 heteroatoms. The van der Waals surface area contributed by atoms with E-state index >= 15 is 0 Å². The van der Waals surface area contributed by atoms with Crippen LogP contribution >= 0.6 is 0 Å². The van der Waals surface area contributed by atoms with Crippen molar-refractivity contribution in [1.29, 1.82) is 0 Å². The SMILES string of the molecule is C=C(Cc1ccc[nH]1)C(N)=O. The molecule has 0 spiro atoms. The van der Waals surface area contributed by atoms with Gasteiger partial charge in [-0.15, -0.1) is 0 Å². The van der Waals surface area contributed by atoms with Gasteiger partial charge in [0.15, 0.2) is 0 Å². The number of amides is 1. The van der Waals surface area contributed by atoms with Crippen molar-refractivity contribution in [3.8, 4) is 0 Å². The Morgan fingerprint density at radius 2 is 2.45 bits per heavy atom. The van der Waals surface area contributed by atoms with Crippen LogP contribution in [0.25, 0.3) is 0 Å². The minimum absolute atomic E-state index is 0.424. The van der Waals surface area contributed by atoms with E-state index in [4.69, 9.17) is 5.73 Å². The third kappa shape index (κ3) is 1.97. The molecule has 1 aromatic rings. The summed E-state index contributed by atoms with van der Waals surface area (Å²) in [5.41, 5.74) is 6.38. The number of aromatic nitrogens is 1. The predicted octanol–water partition coefficient (Wildman–Crippen LogP) is 0.599. The van der Waals surface area contributed by atoms with Gasteiger partial charge >= 0.3 is 0 Å². The highest BCUT2D eigenvalue weighted by atomic mass is 16.1. The second kappa shape index (κ2) is 3.05. The molecule has 0 saturated carbocycles. The van der Waals surface area contributed by atoms with Crippen LogP contribution < -0.4 is 5.73 Å². The average molecular weight is 150 g/mol. The molecule has 0 aromatic carbocycles. The number of rotatable bonds is 3. The van der Waals surface area contributed by atoms with Crippen molar-refractivity contribution in [3.63, 3.8) is 0 Å². The van der Waals surface area contributed by atoms with Gasteiger partial charge in [0, 0.05) is 23.9 Å². The van der Waals surface area contributed by atoms with E-state index in [-0.39, 0.29) is 0 Å². The lowest BCUT2D eigenvalue weighted by Crippen LogP contribution is -2.14. The second-order valence-corrected chi connectivity index (χ2v) is 2.34. The van der Waals surface area contributed by atoms with Gasteiger partial charge in [-0.1, -0.05) is 6.58 Å². The van der Waals surface area contributed by atoms with Gasteiger partial charge < -0.3 is 10.7 Å². The summed E-state index contributed by atoms with van der Waals surface area (Å²) in [4.78, 5) is 13.5. The molecular formula is C8H10N2O. The number of hydrogen-bond donors (Lipinski definition) is 2. The van der Waals surface area contributed by atoms with Gasteiger partial charge in [-0.05, 0) is 12.1 Å². The topological polar surface area (TPSA) is 58.9 Å². The van der Waals surface area contributed by atoms with Crippen LogP contribution in [0.2, 0.25) is 0 Å². The molecule has 0 atom stereocenters. The van der Waals surface area contributed by atoms with Gasteiger partial charge in [-0.3, -0.25) is 4.79 Å². The lowest BCUT2D eigenvalue weighted by atomic mass is 10.1. The fourth-order valence-corrected chi connectivity index (χ4v) is 0.794. The van der Waals surface area contributed by atoms with Crippen LogP contribution in [0.4, 0.5) is 0 Å². The summed E-state index contributed by atoms with van der Waals surface area (Å²) in [5, 5.41) is 0. The van der Waals surface area contributed by atoms with Crippen molar-refractivity contribution in [2.24, 2.45) is 5.73 Å². The van der Waals surface area contributed by atoms with Gasteiger partial charge in [-0.25, -0.2) is 0 Å². The van der Waals surface area contributed by atoms with Crippen molar-refractivity contribution in [1.82, 2.24) is 4.98 Å². The Morgan fingerprint density at radius 3 is 2.91 bits per heavy atom. The molecule has 0 bridgehead atoms. The van der Waals surface area contributed by atoms with Crippen LogP contribution in [0, 0.1) is 0 Å². The first-order valence-electron chi connectivity index (χ1n) is 3.30. The number of aromatic amines is 1. The Labute approximate surface area is 64.9 Å². The fraction of sp³-hybridized carbons (Fsp3) is 0.125. The van der Waals surface area contributed by atoms with Crippen molar-refractivity contribution >= 4 is 5.91 Å². The van der Waals surface area contributed by atoms with Crippen LogP contribution in [0.15, 0.2) is 30.5 Å². The Kier molecular flexibility index (Phi) is 2.11. The summed E-state index contributed by atoms with van der Waals surface area (Å²) in [6, 6.07) is 3.75. The first kappa shape index (κ1) is 7.60. The highest BCUT2D eigenvalue weighted by Crippen LogP contribution is 2.02. The van der Waals surface area contributed by atoms with Crippen LogP contribution in [-0.4, -0.2) is 10.9 Å². The summed E-state index contributed by atoms with van der Waals surface area (Å²) < 4.78 is 0. The molecular weight excluding hydrogens is 140 g/mol. The number of primary amides is 1. The van der Waals surface area contributed by atoms with E-state index in [0.717, 1.165) is 5.69 Å². The van der Waals surface area contributed by atoms with E-state index in [1.165, 1.54) is 0 Å². The van der Waals surface area contributed by atoms with Crippen molar-refractivity contribution in [2.45, 2.75) is 6.42 Å². The standard InChI is InChI=1S/C8H10N2O/c1-6(8(9)11)5-7-3-2-4-10-7/h2-4,10H,1,5H2,(H2,9,11). The van der Waals surface area contributed by atoms with Gasteiger partial charge in [0.05, 0.1) is 0 Å². The molecule has 0 radical (unpaired) electrons. The maximum atomic E-state index is 10.5. The van der Waals surface area contributed by atoms with Crippen LogP contribution in [0.3, 0.4) is 0 Å². The Morgan fingerprint density at radius 1 is 1.73 bits per heavy atom. The van der Waals surface area contributed by atoms with Gasteiger partial charge in [-0.2, -0.15) is 0 Å². The summed E-state index contributed by atoms with van der Waals surface area (Å²) in [6.07, 6.45) is 2.30. The smallest absolute Gasteiger partial charge is 0.244 e. The normalized spacial score (nSPS) is 9.45. The molecule has 11 heavy (non-hydrogen) atoms. The van der Waals surface area contributed by atoms with E-state index < -0.39 is 5.91 Å². The van der Waals surface area contributed by atoms with E-state index in [2.05, 4.69) is 11.6 Å². The molecule has 58 valence electrons. The van der Waals surface area contributed by atoms with Gasteiger partial charge in [0.1, 0.15) is 0 Å². The zero-order valence-electron chi connectivity index (χ0n) is 6.13. The van der Waals surface area contributed by atoms with Crippen molar-refractivity contribution in [2.75, 3.05) is 0 Å². The highest BCUT2D eigenvalue weighted by Gasteiger charge is 2.02. The Balaban J connectivity index is 2.57.